The number of amides is 1. The van der Waals surface area contributed by atoms with Crippen molar-refractivity contribution in [1.82, 2.24) is 0 Å². The zero-order chi connectivity index (χ0) is 18.7. The van der Waals surface area contributed by atoms with Gasteiger partial charge in [0.1, 0.15) is 0 Å². The summed E-state index contributed by atoms with van der Waals surface area (Å²) in [5.74, 6) is -0.966. The maximum absolute atomic E-state index is 12.6. The van der Waals surface area contributed by atoms with E-state index in [1.54, 1.807) is 30.3 Å². The van der Waals surface area contributed by atoms with E-state index in [1.807, 2.05) is 0 Å². The molecule has 0 radical (unpaired) electrons. The first-order valence-electron chi connectivity index (χ1n) is 7.96. The van der Waals surface area contributed by atoms with E-state index in [4.69, 9.17) is 26.7 Å². The largest absolute Gasteiger partial charge is 0.489 e. The number of primary amides is 1. The quantitative estimate of drug-likeness (QED) is 0.320. The molecule has 0 aromatic heterocycles. The summed E-state index contributed by atoms with van der Waals surface area (Å²) in [6.45, 7) is 0.320. The van der Waals surface area contributed by atoms with E-state index in [0.717, 1.165) is 5.56 Å². The van der Waals surface area contributed by atoms with Gasteiger partial charge in [0.2, 0.25) is 0 Å². The van der Waals surface area contributed by atoms with Crippen LogP contribution in [0.15, 0.2) is 41.4 Å². The van der Waals surface area contributed by atoms with Crippen LogP contribution in [0.1, 0.15) is 32.7 Å². The van der Waals surface area contributed by atoms with Gasteiger partial charge in [-0.1, -0.05) is 6.07 Å². The van der Waals surface area contributed by atoms with Crippen molar-refractivity contribution in [3.63, 3.8) is 0 Å². The topological polar surface area (TPSA) is 143 Å². The smallest absolute Gasteiger partial charge is 0.343 e. The standard InChI is InChI=1S/C18H18N4O4/c19-16(23)13-4-1-5-14-15(13)25-8-2-3-10-9-11(22-18(20)21)6-7-12(10)17(24)26-14/h1,4-7,9H,2-3,8H2,(H2,19,23)(H4,20,21,22). The van der Waals surface area contributed by atoms with Gasteiger partial charge in [0, 0.05) is 0 Å². The van der Waals surface area contributed by atoms with Crippen LogP contribution in [-0.2, 0) is 6.42 Å². The van der Waals surface area contributed by atoms with E-state index in [-0.39, 0.29) is 23.0 Å². The van der Waals surface area contributed by atoms with Crippen LogP contribution in [0, 0.1) is 0 Å². The molecule has 8 nitrogen and oxygen atoms in total. The number of esters is 1. The monoisotopic (exact) mass is 354 g/mol. The number of hydrogen-bond donors (Lipinski definition) is 3. The molecule has 1 aliphatic heterocycles. The van der Waals surface area contributed by atoms with Gasteiger partial charge in [0.25, 0.3) is 5.91 Å². The molecule has 0 atom stereocenters. The van der Waals surface area contributed by atoms with E-state index in [2.05, 4.69) is 4.99 Å². The minimum atomic E-state index is -0.655. The summed E-state index contributed by atoms with van der Waals surface area (Å²) < 4.78 is 11.1. The van der Waals surface area contributed by atoms with Crippen molar-refractivity contribution in [1.29, 1.82) is 0 Å². The fraction of sp³-hybridized carbons (Fsp3) is 0.167. The van der Waals surface area contributed by atoms with Gasteiger partial charge in [-0.15, -0.1) is 0 Å². The van der Waals surface area contributed by atoms with Crippen molar-refractivity contribution in [2.45, 2.75) is 12.8 Å². The summed E-state index contributed by atoms with van der Waals surface area (Å²) in [7, 11) is 0. The number of aliphatic imine (C=N–C) groups is 1. The predicted molar refractivity (Wildman–Crippen MR) is 95.6 cm³/mol. The van der Waals surface area contributed by atoms with E-state index < -0.39 is 11.9 Å². The Labute approximate surface area is 149 Å². The number of carbonyl (C=O) groups excluding carboxylic acids is 2. The average Bonchev–Trinajstić information content (AvgIpc) is 2.58. The molecule has 0 spiro atoms. The predicted octanol–water partition coefficient (Wildman–Crippen LogP) is 1.23. The Hall–Kier alpha value is -3.55. The van der Waals surface area contributed by atoms with Crippen LogP contribution >= 0.6 is 0 Å². The van der Waals surface area contributed by atoms with Crippen molar-refractivity contribution in [3.05, 3.63) is 53.1 Å². The molecule has 2 aromatic rings. The van der Waals surface area contributed by atoms with Crippen molar-refractivity contribution in [2.75, 3.05) is 6.61 Å². The van der Waals surface area contributed by atoms with Crippen LogP contribution in [0.25, 0.3) is 0 Å². The van der Waals surface area contributed by atoms with Crippen LogP contribution in [0.4, 0.5) is 5.69 Å². The molecule has 0 saturated heterocycles. The molecule has 0 unspecified atom stereocenters. The summed E-state index contributed by atoms with van der Waals surface area (Å²) >= 11 is 0. The number of benzene rings is 2. The van der Waals surface area contributed by atoms with Gasteiger partial charge in [0.15, 0.2) is 17.5 Å². The van der Waals surface area contributed by atoms with Crippen molar-refractivity contribution in [2.24, 2.45) is 22.2 Å². The molecule has 1 aliphatic rings. The number of nitrogens with two attached hydrogens (primary N) is 3. The number of rotatable bonds is 2. The molecule has 6 N–H and O–H groups in total. The van der Waals surface area contributed by atoms with Crippen LogP contribution in [0.3, 0.4) is 0 Å². The van der Waals surface area contributed by atoms with Crippen LogP contribution in [0.2, 0.25) is 0 Å². The van der Waals surface area contributed by atoms with Gasteiger partial charge in [-0.25, -0.2) is 9.79 Å². The number of para-hydroxylation sites is 1. The molecule has 0 saturated carbocycles. The highest BCUT2D eigenvalue weighted by Crippen LogP contribution is 2.33. The molecule has 26 heavy (non-hydrogen) atoms. The molecule has 3 rings (SSSR count). The molecule has 0 fully saturated rings. The third-order valence-corrected chi connectivity index (χ3v) is 3.85. The summed E-state index contributed by atoms with van der Waals surface area (Å²) in [5.41, 5.74) is 18.0. The van der Waals surface area contributed by atoms with Crippen molar-refractivity contribution >= 4 is 23.5 Å². The van der Waals surface area contributed by atoms with Crippen LogP contribution in [-0.4, -0.2) is 24.4 Å². The van der Waals surface area contributed by atoms with E-state index in [9.17, 15) is 9.59 Å². The lowest BCUT2D eigenvalue weighted by Gasteiger charge is -2.17. The molecule has 8 heteroatoms. The first-order valence-corrected chi connectivity index (χ1v) is 7.96. The second-order valence-electron chi connectivity index (χ2n) is 5.72. The normalized spacial score (nSPS) is 13.5. The van der Waals surface area contributed by atoms with E-state index in [0.29, 0.717) is 30.7 Å². The van der Waals surface area contributed by atoms with E-state index >= 15 is 0 Å². The number of hydrogen-bond acceptors (Lipinski definition) is 5. The van der Waals surface area contributed by atoms with Crippen LogP contribution in [0.5, 0.6) is 11.5 Å². The first kappa shape index (κ1) is 17.3. The molecule has 0 aliphatic carbocycles. The summed E-state index contributed by atoms with van der Waals surface area (Å²) in [6, 6.07) is 9.62. The Morgan fingerprint density at radius 3 is 2.65 bits per heavy atom. The third-order valence-electron chi connectivity index (χ3n) is 3.85. The SMILES string of the molecule is NC(=O)c1cccc2c1OCCCc1cc(N=C(N)N)ccc1C(=O)O2. The van der Waals surface area contributed by atoms with Gasteiger partial charge in [-0.05, 0) is 48.7 Å². The number of fused-ring (bicyclic) bond motifs is 2. The molecule has 134 valence electrons. The molecule has 2 aromatic carbocycles. The highest BCUT2D eigenvalue weighted by molar-refractivity contribution is 5.98. The van der Waals surface area contributed by atoms with Crippen molar-refractivity contribution < 1.29 is 19.1 Å². The van der Waals surface area contributed by atoms with Gasteiger partial charge in [0.05, 0.1) is 23.4 Å². The summed E-state index contributed by atoms with van der Waals surface area (Å²) in [4.78, 5) is 28.2. The Bertz CT molecular complexity index is 904. The Kier molecular flexibility index (Phi) is 4.74. The van der Waals surface area contributed by atoms with Crippen LogP contribution < -0.4 is 26.7 Å². The fourth-order valence-corrected chi connectivity index (χ4v) is 2.74. The third kappa shape index (κ3) is 3.59. The zero-order valence-electron chi connectivity index (χ0n) is 13.9. The number of aryl methyl sites for hydroxylation is 1. The molecular weight excluding hydrogens is 336 g/mol. The number of carbonyl (C=O) groups is 2. The van der Waals surface area contributed by atoms with Gasteiger partial charge >= 0.3 is 5.97 Å². The maximum atomic E-state index is 12.6. The number of ether oxygens (including phenoxy) is 2. The minimum absolute atomic E-state index is 0.0661. The molecular formula is C18H18N4O4. The Morgan fingerprint density at radius 1 is 1.12 bits per heavy atom. The molecule has 1 amide bonds. The number of nitrogens with zero attached hydrogens (tertiary/aromatic N) is 1. The van der Waals surface area contributed by atoms with Gasteiger partial charge < -0.3 is 26.7 Å². The highest BCUT2D eigenvalue weighted by Gasteiger charge is 2.21. The lowest BCUT2D eigenvalue weighted by atomic mass is 10.0. The maximum Gasteiger partial charge on any atom is 0.343 e. The molecule has 1 heterocycles. The van der Waals surface area contributed by atoms with E-state index in [1.165, 1.54) is 6.07 Å². The fourth-order valence-electron chi connectivity index (χ4n) is 2.74. The van der Waals surface area contributed by atoms with Gasteiger partial charge in [-0.3, -0.25) is 4.79 Å². The minimum Gasteiger partial charge on any atom is -0.489 e. The van der Waals surface area contributed by atoms with Crippen molar-refractivity contribution in [3.8, 4) is 11.5 Å². The Morgan fingerprint density at radius 2 is 1.92 bits per heavy atom. The van der Waals surface area contributed by atoms with Gasteiger partial charge in [-0.2, -0.15) is 0 Å². The second-order valence-corrected chi connectivity index (χ2v) is 5.72. The Balaban J connectivity index is 2.02. The lowest BCUT2D eigenvalue weighted by molar-refractivity contribution is 0.0723. The molecule has 0 bridgehead atoms. The number of guanidine groups is 1. The second kappa shape index (κ2) is 7.14. The zero-order valence-corrected chi connectivity index (χ0v) is 13.9. The summed E-state index contributed by atoms with van der Waals surface area (Å²) in [5, 5.41) is 0. The lowest BCUT2D eigenvalue weighted by Crippen LogP contribution is -2.22. The average molecular weight is 354 g/mol. The summed E-state index contributed by atoms with van der Waals surface area (Å²) in [6.07, 6.45) is 1.16. The highest BCUT2D eigenvalue weighted by atomic mass is 16.6. The first-order chi connectivity index (χ1) is 12.5.